The summed E-state index contributed by atoms with van der Waals surface area (Å²) in [4.78, 5) is 25.9. The van der Waals surface area contributed by atoms with Crippen molar-refractivity contribution in [1.82, 2.24) is 14.7 Å². The van der Waals surface area contributed by atoms with Gasteiger partial charge < -0.3 is 14.4 Å². The monoisotopic (exact) mass is 347 g/mol. The predicted octanol–water partition coefficient (Wildman–Crippen LogP) is 0.917. The van der Waals surface area contributed by atoms with Gasteiger partial charge in [0.15, 0.2) is 0 Å². The molecule has 0 saturated carbocycles. The topological polar surface area (TPSA) is 73.7 Å². The number of nitrogens with zero attached hydrogens (tertiary/aromatic N) is 3. The maximum atomic E-state index is 14.2. The van der Waals surface area contributed by atoms with E-state index in [0.717, 1.165) is 4.68 Å². The molecule has 1 amide bonds. The summed E-state index contributed by atoms with van der Waals surface area (Å²) in [5.74, 6) is -0.348. The Balaban J connectivity index is 1.85. The van der Waals surface area contributed by atoms with E-state index in [1.807, 2.05) is 0 Å². The quantitative estimate of drug-likeness (QED) is 0.822. The molecule has 0 N–H and O–H groups in total. The largest absolute Gasteiger partial charge is 0.497 e. The highest BCUT2D eigenvalue weighted by Gasteiger charge is 2.18. The van der Waals surface area contributed by atoms with Crippen molar-refractivity contribution in [3.05, 3.63) is 46.5 Å². The van der Waals surface area contributed by atoms with Gasteiger partial charge in [-0.25, -0.2) is 9.07 Å². The third-order valence-electron chi connectivity index (χ3n) is 3.97. The van der Waals surface area contributed by atoms with Gasteiger partial charge in [0.1, 0.15) is 18.1 Å². The van der Waals surface area contributed by atoms with Crippen molar-refractivity contribution in [2.24, 2.45) is 0 Å². The maximum Gasteiger partial charge on any atom is 0.267 e. The van der Waals surface area contributed by atoms with Crippen molar-refractivity contribution >= 4 is 5.91 Å². The lowest BCUT2D eigenvalue weighted by Crippen LogP contribution is -2.43. The Kier molecular flexibility index (Phi) is 5.08. The van der Waals surface area contributed by atoms with Crippen LogP contribution in [0.5, 0.6) is 5.75 Å². The van der Waals surface area contributed by atoms with E-state index in [9.17, 15) is 14.0 Å². The van der Waals surface area contributed by atoms with Crippen LogP contribution in [0.4, 0.5) is 4.39 Å². The molecule has 1 aliphatic heterocycles. The van der Waals surface area contributed by atoms with Crippen LogP contribution in [-0.2, 0) is 16.1 Å². The van der Waals surface area contributed by atoms with Crippen LogP contribution in [0, 0.1) is 5.82 Å². The minimum atomic E-state index is -0.517. The number of carbonyl (C=O) groups is 1. The minimum Gasteiger partial charge on any atom is -0.497 e. The smallest absolute Gasteiger partial charge is 0.267 e. The molecule has 2 aromatic rings. The highest BCUT2D eigenvalue weighted by Crippen LogP contribution is 2.24. The average Bonchev–Trinajstić information content (AvgIpc) is 2.64. The normalized spacial score (nSPS) is 14.4. The first kappa shape index (κ1) is 17.1. The fourth-order valence-electron chi connectivity index (χ4n) is 2.58. The lowest BCUT2D eigenvalue weighted by Gasteiger charge is -2.26. The van der Waals surface area contributed by atoms with Gasteiger partial charge in [-0.05, 0) is 18.2 Å². The lowest BCUT2D eigenvalue weighted by atomic mass is 10.1. The van der Waals surface area contributed by atoms with Crippen molar-refractivity contribution in [1.29, 1.82) is 0 Å². The molecule has 2 heterocycles. The average molecular weight is 347 g/mol. The molecule has 3 rings (SSSR count). The van der Waals surface area contributed by atoms with Crippen LogP contribution >= 0.6 is 0 Å². The Bertz CT molecular complexity index is 831. The van der Waals surface area contributed by atoms with Crippen molar-refractivity contribution in [3.8, 4) is 17.0 Å². The van der Waals surface area contributed by atoms with Crippen LogP contribution in [0.2, 0.25) is 0 Å². The van der Waals surface area contributed by atoms with Gasteiger partial charge in [-0.3, -0.25) is 9.59 Å². The summed E-state index contributed by atoms with van der Waals surface area (Å²) < 4.78 is 25.4. The number of hydrogen-bond donors (Lipinski definition) is 0. The van der Waals surface area contributed by atoms with Gasteiger partial charge >= 0.3 is 0 Å². The van der Waals surface area contributed by atoms with Gasteiger partial charge in [-0.2, -0.15) is 5.10 Å². The van der Waals surface area contributed by atoms with Gasteiger partial charge in [0.2, 0.25) is 5.91 Å². The van der Waals surface area contributed by atoms with E-state index in [0.29, 0.717) is 32.1 Å². The number of aromatic nitrogens is 2. The molecular weight excluding hydrogens is 329 g/mol. The fraction of sp³-hybridized carbons (Fsp3) is 0.353. The zero-order valence-corrected chi connectivity index (χ0v) is 13.8. The third-order valence-corrected chi connectivity index (χ3v) is 3.97. The number of rotatable bonds is 4. The molecule has 0 radical (unpaired) electrons. The molecule has 1 aromatic heterocycles. The summed E-state index contributed by atoms with van der Waals surface area (Å²) in [6, 6.07) is 7.08. The Hall–Kier alpha value is -2.74. The van der Waals surface area contributed by atoms with Gasteiger partial charge in [0.05, 0.1) is 26.0 Å². The highest BCUT2D eigenvalue weighted by atomic mass is 19.1. The molecule has 132 valence electrons. The number of benzene rings is 1. The van der Waals surface area contributed by atoms with Crippen molar-refractivity contribution in [2.75, 3.05) is 33.4 Å². The number of carbonyl (C=O) groups excluding carboxylic acids is 1. The molecular formula is C17H18FN3O4. The zero-order chi connectivity index (χ0) is 17.8. The molecule has 0 atom stereocenters. The molecule has 7 nitrogen and oxygen atoms in total. The number of amides is 1. The van der Waals surface area contributed by atoms with Gasteiger partial charge in [0, 0.05) is 30.8 Å². The second-order valence-electron chi connectivity index (χ2n) is 5.55. The molecule has 0 bridgehead atoms. The second-order valence-corrected chi connectivity index (χ2v) is 5.55. The van der Waals surface area contributed by atoms with E-state index in [1.54, 1.807) is 11.0 Å². The van der Waals surface area contributed by atoms with E-state index < -0.39 is 11.4 Å². The highest BCUT2D eigenvalue weighted by molar-refractivity contribution is 5.76. The molecule has 25 heavy (non-hydrogen) atoms. The van der Waals surface area contributed by atoms with Crippen LogP contribution in [0.15, 0.2) is 35.1 Å². The third kappa shape index (κ3) is 3.85. The number of ether oxygens (including phenoxy) is 2. The first-order valence-electron chi connectivity index (χ1n) is 7.86. The molecule has 0 spiro atoms. The molecule has 8 heteroatoms. The summed E-state index contributed by atoms with van der Waals surface area (Å²) in [5.41, 5.74) is 0.0854. The Morgan fingerprint density at radius 3 is 2.72 bits per heavy atom. The van der Waals surface area contributed by atoms with E-state index in [2.05, 4.69) is 5.10 Å². The summed E-state index contributed by atoms with van der Waals surface area (Å²) in [6.45, 7) is 1.74. The van der Waals surface area contributed by atoms with Crippen molar-refractivity contribution in [2.45, 2.75) is 6.54 Å². The number of hydrogen-bond acceptors (Lipinski definition) is 5. The fourth-order valence-corrected chi connectivity index (χ4v) is 2.58. The summed E-state index contributed by atoms with van der Waals surface area (Å²) in [7, 11) is 1.45. The lowest BCUT2D eigenvalue weighted by molar-refractivity contribution is -0.136. The first-order valence-corrected chi connectivity index (χ1v) is 7.86. The molecule has 1 saturated heterocycles. The van der Waals surface area contributed by atoms with Crippen molar-refractivity contribution in [3.63, 3.8) is 0 Å². The molecule has 0 unspecified atom stereocenters. The van der Waals surface area contributed by atoms with Crippen LogP contribution in [0.1, 0.15) is 0 Å². The van der Waals surface area contributed by atoms with Gasteiger partial charge in [-0.15, -0.1) is 0 Å². The number of methoxy groups -OCH3 is 1. The van der Waals surface area contributed by atoms with Crippen molar-refractivity contribution < 1.29 is 18.7 Å². The number of halogens is 1. The second kappa shape index (κ2) is 7.43. The number of morpholine rings is 1. The SMILES string of the molecule is COc1ccc(-c2ccc(=O)n(CC(=O)N3CCOCC3)n2)c(F)c1. The maximum absolute atomic E-state index is 14.2. The van der Waals surface area contributed by atoms with Gasteiger partial charge in [-0.1, -0.05) is 0 Å². The minimum absolute atomic E-state index is 0.190. The van der Waals surface area contributed by atoms with Crippen LogP contribution in [-0.4, -0.2) is 54.0 Å². The Labute approximate surface area is 143 Å². The van der Waals surface area contributed by atoms with Gasteiger partial charge in [0.25, 0.3) is 5.56 Å². The molecule has 0 aliphatic carbocycles. The van der Waals surface area contributed by atoms with E-state index >= 15 is 0 Å². The van der Waals surface area contributed by atoms with E-state index in [1.165, 1.54) is 31.4 Å². The Morgan fingerprint density at radius 1 is 1.28 bits per heavy atom. The van der Waals surface area contributed by atoms with Crippen LogP contribution in [0.3, 0.4) is 0 Å². The molecule has 1 aromatic carbocycles. The summed E-state index contributed by atoms with van der Waals surface area (Å²) in [5, 5.41) is 4.14. The van der Waals surface area contributed by atoms with E-state index in [-0.39, 0.29) is 23.7 Å². The Morgan fingerprint density at radius 2 is 2.04 bits per heavy atom. The first-order chi connectivity index (χ1) is 12.1. The molecule has 1 fully saturated rings. The zero-order valence-electron chi connectivity index (χ0n) is 13.8. The van der Waals surface area contributed by atoms with Crippen LogP contribution in [0.25, 0.3) is 11.3 Å². The standard InChI is InChI=1S/C17H18FN3O4/c1-24-12-2-3-13(14(18)10-12)15-4-5-16(22)21(19-15)11-17(23)20-6-8-25-9-7-20/h2-5,10H,6-9,11H2,1H3. The van der Waals surface area contributed by atoms with E-state index in [4.69, 9.17) is 9.47 Å². The summed E-state index contributed by atoms with van der Waals surface area (Å²) in [6.07, 6.45) is 0. The van der Waals surface area contributed by atoms with Crippen LogP contribution < -0.4 is 10.3 Å². The summed E-state index contributed by atoms with van der Waals surface area (Å²) >= 11 is 0. The predicted molar refractivity (Wildman–Crippen MR) is 87.8 cm³/mol. The molecule has 1 aliphatic rings.